The van der Waals surface area contributed by atoms with Gasteiger partial charge in [0.1, 0.15) is 17.8 Å². The fraction of sp³-hybridized carbons (Fsp3) is 0.438. The van der Waals surface area contributed by atoms with Crippen molar-refractivity contribution in [3.63, 3.8) is 0 Å². The van der Waals surface area contributed by atoms with Crippen LogP contribution in [0.5, 0.6) is 5.75 Å². The monoisotopic (exact) mass is 321 g/mol. The lowest BCUT2D eigenvalue weighted by atomic mass is 9.99. The van der Waals surface area contributed by atoms with Gasteiger partial charge in [0.15, 0.2) is 0 Å². The number of methoxy groups -OCH3 is 1. The van der Waals surface area contributed by atoms with E-state index in [9.17, 15) is 9.59 Å². The normalized spacial score (nSPS) is 22.0. The topological polar surface area (TPSA) is 67.4 Å². The van der Waals surface area contributed by atoms with Crippen molar-refractivity contribution in [3.8, 4) is 5.75 Å². The second-order valence-corrected chi connectivity index (χ2v) is 7.37. The molecule has 1 aromatic rings. The van der Waals surface area contributed by atoms with Crippen LogP contribution in [0.4, 0.5) is 0 Å². The number of thioether (sulfide) groups is 1. The lowest BCUT2D eigenvalue weighted by molar-refractivity contribution is -0.136. The standard InChI is InChI=1S/C16H21N2O3S/c1-10-14(19)18-13(15(20)17-10)16(2,3)22-9-11-5-7-12(21-4)8-6-11/h5-8,10,13H,1,9H2,2-4H3,(H,17,20)(H,18,19)/t10-,13-/m0/s1. The van der Waals surface area contributed by atoms with E-state index in [1.165, 1.54) is 0 Å². The van der Waals surface area contributed by atoms with E-state index < -0.39 is 16.8 Å². The molecule has 2 N–H and O–H groups in total. The fourth-order valence-corrected chi connectivity index (χ4v) is 3.26. The van der Waals surface area contributed by atoms with Gasteiger partial charge in [-0.15, -0.1) is 11.8 Å². The molecule has 119 valence electrons. The molecular weight excluding hydrogens is 300 g/mol. The maximum atomic E-state index is 12.1. The molecule has 2 atom stereocenters. The highest BCUT2D eigenvalue weighted by Gasteiger charge is 2.41. The first-order valence-corrected chi connectivity index (χ1v) is 8.03. The van der Waals surface area contributed by atoms with Gasteiger partial charge in [-0.05, 0) is 38.5 Å². The molecule has 2 rings (SSSR count). The summed E-state index contributed by atoms with van der Waals surface area (Å²) in [6.07, 6.45) is 0. The molecule has 22 heavy (non-hydrogen) atoms. The summed E-state index contributed by atoms with van der Waals surface area (Å²) in [5, 5.41) is 5.36. The molecule has 6 heteroatoms. The van der Waals surface area contributed by atoms with Crippen LogP contribution in [0.3, 0.4) is 0 Å². The molecule has 1 aromatic carbocycles. The van der Waals surface area contributed by atoms with Crippen molar-refractivity contribution in [1.29, 1.82) is 0 Å². The number of piperazine rings is 1. The number of amides is 2. The fourth-order valence-electron chi connectivity index (χ4n) is 2.19. The summed E-state index contributed by atoms with van der Waals surface area (Å²) in [7, 11) is 1.63. The third-order valence-electron chi connectivity index (χ3n) is 3.65. The zero-order chi connectivity index (χ0) is 16.3. The van der Waals surface area contributed by atoms with Crippen molar-refractivity contribution < 1.29 is 14.3 Å². The highest BCUT2D eigenvalue weighted by molar-refractivity contribution is 7.99. The Balaban J connectivity index is 2.00. The quantitative estimate of drug-likeness (QED) is 0.863. The van der Waals surface area contributed by atoms with Gasteiger partial charge in [0.05, 0.1) is 7.11 Å². The van der Waals surface area contributed by atoms with Gasteiger partial charge < -0.3 is 15.4 Å². The molecule has 5 nitrogen and oxygen atoms in total. The van der Waals surface area contributed by atoms with Crippen molar-refractivity contribution in [2.75, 3.05) is 7.11 Å². The minimum Gasteiger partial charge on any atom is -0.497 e. The molecule has 1 aliphatic rings. The van der Waals surface area contributed by atoms with Gasteiger partial charge in [-0.25, -0.2) is 0 Å². The third-order valence-corrected chi connectivity index (χ3v) is 5.10. The summed E-state index contributed by atoms with van der Waals surface area (Å²) < 4.78 is 4.70. The number of carbonyl (C=O) groups excluding carboxylic acids is 2. The Kier molecular flexibility index (Phi) is 5.01. The van der Waals surface area contributed by atoms with Crippen LogP contribution in [0, 0.1) is 6.92 Å². The molecule has 1 radical (unpaired) electrons. The Morgan fingerprint density at radius 3 is 2.41 bits per heavy atom. The van der Waals surface area contributed by atoms with Gasteiger partial charge in [0.25, 0.3) is 0 Å². The largest absolute Gasteiger partial charge is 0.497 e. The predicted molar refractivity (Wildman–Crippen MR) is 87.6 cm³/mol. The van der Waals surface area contributed by atoms with E-state index in [0.29, 0.717) is 0 Å². The van der Waals surface area contributed by atoms with Crippen LogP contribution in [0.15, 0.2) is 24.3 Å². The molecule has 1 saturated heterocycles. The average molecular weight is 321 g/mol. The van der Waals surface area contributed by atoms with E-state index in [4.69, 9.17) is 4.74 Å². The predicted octanol–water partition coefficient (Wildman–Crippen LogP) is 1.52. The molecule has 0 aromatic heterocycles. The van der Waals surface area contributed by atoms with Gasteiger partial charge in [-0.3, -0.25) is 9.59 Å². The first-order chi connectivity index (χ1) is 10.3. The second-order valence-electron chi connectivity index (χ2n) is 5.74. The molecule has 1 fully saturated rings. The zero-order valence-corrected chi connectivity index (χ0v) is 13.8. The van der Waals surface area contributed by atoms with Gasteiger partial charge in [-0.2, -0.15) is 0 Å². The summed E-state index contributed by atoms with van der Waals surface area (Å²) in [6, 6.07) is 6.52. The first kappa shape index (κ1) is 16.7. The smallest absolute Gasteiger partial charge is 0.244 e. The van der Waals surface area contributed by atoms with Crippen LogP contribution in [0.25, 0.3) is 0 Å². The van der Waals surface area contributed by atoms with E-state index >= 15 is 0 Å². The number of hydrogen-bond acceptors (Lipinski definition) is 4. The Morgan fingerprint density at radius 2 is 1.82 bits per heavy atom. The number of ether oxygens (including phenoxy) is 1. The highest BCUT2D eigenvalue weighted by Crippen LogP contribution is 2.32. The third kappa shape index (κ3) is 3.74. The first-order valence-electron chi connectivity index (χ1n) is 7.04. The maximum Gasteiger partial charge on any atom is 0.244 e. The molecular formula is C16H21N2O3S. The maximum absolute atomic E-state index is 12.1. The number of rotatable bonds is 5. The van der Waals surface area contributed by atoms with Crippen LogP contribution in [0.1, 0.15) is 19.4 Å². The summed E-state index contributed by atoms with van der Waals surface area (Å²) in [6.45, 7) is 7.50. The Bertz CT molecular complexity index is 557. The van der Waals surface area contributed by atoms with E-state index in [1.54, 1.807) is 18.9 Å². The van der Waals surface area contributed by atoms with E-state index in [1.807, 2.05) is 38.1 Å². The van der Waals surface area contributed by atoms with E-state index in [0.717, 1.165) is 17.1 Å². The lowest BCUT2D eigenvalue weighted by Gasteiger charge is -2.37. The number of carbonyl (C=O) groups is 2. The van der Waals surface area contributed by atoms with Gasteiger partial charge in [0.2, 0.25) is 11.8 Å². The van der Waals surface area contributed by atoms with Gasteiger partial charge in [0, 0.05) is 10.5 Å². The van der Waals surface area contributed by atoms with Gasteiger partial charge in [-0.1, -0.05) is 12.1 Å². The molecule has 0 bridgehead atoms. The van der Waals surface area contributed by atoms with Crippen LogP contribution in [-0.2, 0) is 15.3 Å². The van der Waals surface area contributed by atoms with E-state index in [2.05, 4.69) is 17.6 Å². The van der Waals surface area contributed by atoms with Crippen molar-refractivity contribution in [2.24, 2.45) is 0 Å². The molecule has 0 spiro atoms. The number of nitrogens with one attached hydrogen (secondary N) is 2. The van der Waals surface area contributed by atoms with Crippen LogP contribution in [-0.4, -0.2) is 35.8 Å². The summed E-state index contributed by atoms with van der Waals surface area (Å²) >= 11 is 1.62. The molecule has 2 amide bonds. The molecule has 0 aliphatic carbocycles. The minimum atomic E-state index is -0.717. The molecule has 1 aliphatic heterocycles. The summed E-state index contributed by atoms with van der Waals surface area (Å²) in [5.74, 6) is 1.12. The Hall–Kier alpha value is -1.69. The van der Waals surface area contributed by atoms with Crippen molar-refractivity contribution >= 4 is 23.6 Å². The summed E-state index contributed by atoms with van der Waals surface area (Å²) in [4.78, 5) is 23.8. The Morgan fingerprint density at radius 1 is 1.18 bits per heavy atom. The number of benzene rings is 1. The van der Waals surface area contributed by atoms with Crippen molar-refractivity contribution in [1.82, 2.24) is 10.6 Å². The lowest BCUT2D eigenvalue weighted by Crippen LogP contribution is -2.66. The van der Waals surface area contributed by atoms with Gasteiger partial charge >= 0.3 is 0 Å². The zero-order valence-electron chi connectivity index (χ0n) is 13.0. The Labute approximate surface area is 135 Å². The number of hydrogen-bond donors (Lipinski definition) is 2. The summed E-state index contributed by atoms with van der Waals surface area (Å²) in [5.41, 5.74) is 1.14. The van der Waals surface area contributed by atoms with Crippen LogP contribution < -0.4 is 15.4 Å². The molecule has 0 saturated carbocycles. The SMILES string of the molecule is [CH2][C@@H]1NC(=O)[C@@H](C(C)(C)SCc2ccc(OC)cc2)NC1=O. The van der Waals surface area contributed by atoms with Crippen molar-refractivity contribution in [3.05, 3.63) is 36.8 Å². The van der Waals surface area contributed by atoms with E-state index in [-0.39, 0.29) is 11.8 Å². The average Bonchev–Trinajstić information content (AvgIpc) is 2.49. The van der Waals surface area contributed by atoms with Crippen LogP contribution >= 0.6 is 11.8 Å². The highest BCUT2D eigenvalue weighted by atomic mass is 32.2. The van der Waals surface area contributed by atoms with Crippen molar-refractivity contribution in [2.45, 2.75) is 36.4 Å². The second kappa shape index (κ2) is 6.60. The molecule has 0 unspecified atom stereocenters. The minimum absolute atomic E-state index is 0.188. The van der Waals surface area contributed by atoms with Crippen LogP contribution in [0.2, 0.25) is 0 Å². The molecule has 1 heterocycles.